The molecule has 2 aromatic rings. The highest BCUT2D eigenvalue weighted by molar-refractivity contribution is 5.92. The van der Waals surface area contributed by atoms with Gasteiger partial charge in [0.05, 0.1) is 13.2 Å². The molecule has 1 aliphatic heterocycles. The van der Waals surface area contributed by atoms with Crippen LogP contribution in [-0.4, -0.2) is 51.5 Å². The molecule has 0 aliphatic carbocycles. The first-order chi connectivity index (χ1) is 11.1. The van der Waals surface area contributed by atoms with Crippen LogP contribution in [0.15, 0.2) is 30.3 Å². The number of aliphatic hydroxyl groups is 1. The van der Waals surface area contributed by atoms with Crippen LogP contribution < -0.4 is 4.74 Å². The summed E-state index contributed by atoms with van der Waals surface area (Å²) in [4.78, 5) is 14.3. The molecule has 0 unspecified atom stereocenters. The number of carbonyl (C=O) groups excluding carboxylic acids is 1. The van der Waals surface area contributed by atoms with Crippen molar-refractivity contribution in [3.63, 3.8) is 0 Å². The topological polar surface area (TPSA) is 67.6 Å². The number of benzene rings is 1. The van der Waals surface area contributed by atoms with Crippen molar-refractivity contribution in [3.05, 3.63) is 41.7 Å². The zero-order valence-corrected chi connectivity index (χ0v) is 13.4. The molecule has 3 rings (SSSR count). The van der Waals surface area contributed by atoms with E-state index < -0.39 is 0 Å². The largest absolute Gasteiger partial charge is 0.491 e. The Bertz CT molecular complexity index is 709. The molecule has 2 heterocycles. The summed E-state index contributed by atoms with van der Waals surface area (Å²) < 4.78 is 7.51. The Balaban J connectivity index is 1.99. The van der Waals surface area contributed by atoms with Gasteiger partial charge in [0, 0.05) is 24.7 Å². The lowest BCUT2D eigenvalue weighted by Gasteiger charge is -2.24. The third-order valence-corrected chi connectivity index (χ3v) is 3.94. The third-order valence-electron chi connectivity index (χ3n) is 3.94. The van der Waals surface area contributed by atoms with Crippen LogP contribution in [0.3, 0.4) is 0 Å². The van der Waals surface area contributed by atoms with Crippen molar-refractivity contribution in [3.8, 4) is 11.4 Å². The minimum Gasteiger partial charge on any atom is -0.491 e. The molecule has 0 saturated carbocycles. The highest BCUT2D eigenvalue weighted by Crippen LogP contribution is 2.27. The van der Waals surface area contributed by atoms with Crippen molar-refractivity contribution in [2.45, 2.75) is 26.3 Å². The van der Waals surface area contributed by atoms with Gasteiger partial charge in [-0.05, 0) is 32.0 Å². The molecule has 6 nitrogen and oxygen atoms in total. The molecular formula is C17H21N3O3. The monoisotopic (exact) mass is 315 g/mol. The predicted octanol–water partition coefficient (Wildman–Crippen LogP) is 1.65. The van der Waals surface area contributed by atoms with E-state index in [1.165, 1.54) is 0 Å². The van der Waals surface area contributed by atoms with Crippen LogP contribution in [0.5, 0.6) is 5.75 Å². The van der Waals surface area contributed by atoms with Crippen molar-refractivity contribution in [2.24, 2.45) is 0 Å². The fraction of sp³-hybridized carbons (Fsp3) is 0.412. The van der Waals surface area contributed by atoms with Crippen molar-refractivity contribution in [1.82, 2.24) is 14.7 Å². The van der Waals surface area contributed by atoms with Gasteiger partial charge in [-0.15, -0.1) is 0 Å². The normalized spacial score (nSPS) is 13.0. The van der Waals surface area contributed by atoms with Crippen LogP contribution in [0.4, 0.5) is 0 Å². The van der Waals surface area contributed by atoms with Gasteiger partial charge in [0.1, 0.15) is 11.4 Å². The zero-order chi connectivity index (χ0) is 16.4. The van der Waals surface area contributed by atoms with Gasteiger partial charge in [0.15, 0.2) is 5.69 Å². The summed E-state index contributed by atoms with van der Waals surface area (Å²) in [6.45, 7) is 4.66. The number of aromatic nitrogens is 2. The fourth-order valence-corrected chi connectivity index (χ4v) is 2.78. The summed E-state index contributed by atoms with van der Waals surface area (Å²) in [5.41, 5.74) is 2.20. The molecule has 1 amide bonds. The lowest BCUT2D eigenvalue weighted by Crippen LogP contribution is -2.39. The number of amides is 1. The summed E-state index contributed by atoms with van der Waals surface area (Å²) in [5, 5.41) is 13.7. The minimum atomic E-state index is -0.159. The summed E-state index contributed by atoms with van der Waals surface area (Å²) in [5.74, 6) is 0.609. The third kappa shape index (κ3) is 2.94. The molecule has 0 fully saturated rings. The number of nitrogens with zero attached hydrogens (tertiary/aromatic N) is 3. The second-order valence-corrected chi connectivity index (χ2v) is 5.81. The second-order valence-electron chi connectivity index (χ2n) is 5.81. The molecule has 0 atom stereocenters. The summed E-state index contributed by atoms with van der Waals surface area (Å²) in [6.07, 6.45) is 0.691. The van der Waals surface area contributed by atoms with Gasteiger partial charge in [-0.1, -0.05) is 12.1 Å². The van der Waals surface area contributed by atoms with E-state index >= 15 is 0 Å². The molecule has 0 spiro atoms. The number of para-hydroxylation sites is 2. The highest BCUT2D eigenvalue weighted by atomic mass is 16.5. The summed E-state index contributed by atoms with van der Waals surface area (Å²) >= 11 is 0. The lowest BCUT2D eigenvalue weighted by atomic mass is 10.2. The Morgan fingerprint density at radius 2 is 2.22 bits per heavy atom. The van der Waals surface area contributed by atoms with E-state index in [-0.39, 0.29) is 18.6 Å². The molecule has 0 saturated heterocycles. The number of ether oxygens (including phenoxy) is 1. The van der Waals surface area contributed by atoms with E-state index in [1.54, 1.807) is 9.58 Å². The van der Waals surface area contributed by atoms with E-state index in [1.807, 2.05) is 44.2 Å². The maximum Gasteiger partial charge on any atom is 0.274 e. The number of aliphatic hydroxyl groups excluding tert-OH is 1. The average Bonchev–Trinajstić information content (AvgIpc) is 2.89. The van der Waals surface area contributed by atoms with Gasteiger partial charge in [-0.25, -0.2) is 4.68 Å². The number of rotatable bonds is 4. The maximum absolute atomic E-state index is 12.7. The first-order valence-electron chi connectivity index (χ1n) is 7.84. The molecule has 0 bridgehead atoms. The van der Waals surface area contributed by atoms with Gasteiger partial charge in [-0.2, -0.15) is 5.10 Å². The number of fused-ring (bicyclic) bond motifs is 3. The highest BCUT2D eigenvalue weighted by Gasteiger charge is 2.24. The van der Waals surface area contributed by atoms with E-state index in [9.17, 15) is 9.90 Å². The fourth-order valence-electron chi connectivity index (χ4n) is 2.78. The molecule has 122 valence electrons. The van der Waals surface area contributed by atoms with E-state index in [2.05, 4.69) is 5.10 Å². The smallest absolute Gasteiger partial charge is 0.274 e. The first-order valence-corrected chi connectivity index (χ1v) is 7.84. The quantitative estimate of drug-likeness (QED) is 0.931. The molecule has 0 radical (unpaired) electrons. The van der Waals surface area contributed by atoms with Crippen molar-refractivity contribution >= 4 is 5.91 Å². The van der Waals surface area contributed by atoms with Gasteiger partial charge in [0.25, 0.3) is 5.91 Å². The number of hydrogen-bond donors (Lipinski definition) is 1. The molecule has 6 heteroatoms. The van der Waals surface area contributed by atoms with Crippen LogP contribution in [0.1, 0.15) is 30.0 Å². The molecule has 1 aromatic carbocycles. The zero-order valence-electron chi connectivity index (χ0n) is 13.4. The van der Waals surface area contributed by atoms with Crippen LogP contribution in [-0.2, 0) is 6.42 Å². The lowest BCUT2D eigenvalue weighted by molar-refractivity contribution is 0.0659. The Kier molecular flexibility index (Phi) is 4.34. The van der Waals surface area contributed by atoms with Crippen LogP contribution >= 0.6 is 0 Å². The van der Waals surface area contributed by atoms with Gasteiger partial charge >= 0.3 is 0 Å². The van der Waals surface area contributed by atoms with Crippen LogP contribution in [0, 0.1) is 0 Å². The van der Waals surface area contributed by atoms with Crippen LogP contribution in [0.2, 0.25) is 0 Å². The Morgan fingerprint density at radius 1 is 1.43 bits per heavy atom. The summed E-state index contributed by atoms with van der Waals surface area (Å²) in [6, 6.07) is 9.50. The van der Waals surface area contributed by atoms with Gasteiger partial charge in [0.2, 0.25) is 0 Å². The van der Waals surface area contributed by atoms with Crippen molar-refractivity contribution < 1.29 is 14.6 Å². The first kappa shape index (κ1) is 15.6. The SMILES string of the molecule is CC(C)N(CCO)C(=O)c1cc2n(n1)-c1ccccc1OCC2. The Morgan fingerprint density at radius 3 is 2.96 bits per heavy atom. The molecular weight excluding hydrogens is 294 g/mol. The Hall–Kier alpha value is -2.34. The van der Waals surface area contributed by atoms with E-state index in [4.69, 9.17) is 4.74 Å². The van der Waals surface area contributed by atoms with E-state index in [0.717, 1.165) is 17.1 Å². The second kappa shape index (κ2) is 6.42. The maximum atomic E-state index is 12.7. The van der Waals surface area contributed by atoms with Crippen molar-refractivity contribution in [2.75, 3.05) is 19.8 Å². The van der Waals surface area contributed by atoms with E-state index in [0.29, 0.717) is 25.3 Å². The standard InChI is InChI=1S/C17H21N3O3/c1-12(2)19(8-9-21)17(22)14-11-13-7-10-23-16-6-4-3-5-15(16)20(13)18-14/h3-6,11-12,21H,7-10H2,1-2H3. The molecule has 1 N–H and O–H groups in total. The van der Waals surface area contributed by atoms with Crippen molar-refractivity contribution in [1.29, 1.82) is 0 Å². The molecule has 23 heavy (non-hydrogen) atoms. The predicted molar refractivity (Wildman–Crippen MR) is 86.0 cm³/mol. The number of hydrogen-bond acceptors (Lipinski definition) is 4. The summed E-state index contributed by atoms with van der Waals surface area (Å²) in [7, 11) is 0. The Labute approximate surface area is 135 Å². The number of carbonyl (C=O) groups is 1. The van der Waals surface area contributed by atoms with Crippen LogP contribution in [0.25, 0.3) is 5.69 Å². The average molecular weight is 315 g/mol. The molecule has 1 aromatic heterocycles. The minimum absolute atomic E-state index is 0.00627. The van der Waals surface area contributed by atoms with Gasteiger partial charge < -0.3 is 14.7 Å². The van der Waals surface area contributed by atoms with Gasteiger partial charge in [-0.3, -0.25) is 4.79 Å². The molecule has 1 aliphatic rings.